The Labute approximate surface area is 102 Å². The summed E-state index contributed by atoms with van der Waals surface area (Å²) < 4.78 is 0. The van der Waals surface area contributed by atoms with Gasteiger partial charge in [0.1, 0.15) is 0 Å². The van der Waals surface area contributed by atoms with Gasteiger partial charge in [-0.3, -0.25) is 0 Å². The number of nitrogens with zero attached hydrogens (tertiary/aromatic N) is 1. The summed E-state index contributed by atoms with van der Waals surface area (Å²) in [6, 6.07) is 5.54. The van der Waals surface area contributed by atoms with E-state index >= 15 is 0 Å². The average Bonchev–Trinajstić information content (AvgIpc) is 2.27. The fourth-order valence-electron chi connectivity index (χ4n) is 2.64. The smallest absolute Gasteiger partial charge is 0.335 e. The lowest BCUT2D eigenvalue weighted by molar-refractivity contribution is 0.0696. The van der Waals surface area contributed by atoms with Crippen LogP contribution in [-0.4, -0.2) is 36.6 Å². The van der Waals surface area contributed by atoms with Gasteiger partial charge in [0.05, 0.1) is 5.56 Å². The molecule has 1 atom stereocenters. The quantitative estimate of drug-likeness (QED) is 0.868. The van der Waals surface area contributed by atoms with E-state index in [2.05, 4.69) is 19.0 Å². The van der Waals surface area contributed by atoms with E-state index in [9.17, 15) is 4.79 Å². The third-order valence-electron chi connectivity index (χ3n) is 3.41. The van der Waals surface area contributed by atoms with Crippen LogP contribution >= 0.6 is 0 Å². The summed E-state index contributed by atoms with van der Waals surface area (Å²) in [5.41, 5.74) is 2.96. The molecule has 2 rings (SSSR count). The maximum Gasteiger partial charge on any atom is 0.335 e. The molecule has 3 nitrogen and oxygen atoms in total. The van der Waals surface area contributed by atoms with E-state index in [-0.39, 0.29) is 0 Å². The lowest BCUT2D eigenvalue weighted by atomic mass is 9.83. The Balaban J connectivity index is 2.14. The highest BCUT2D eigenvalue weighted by Gasteiger charge is 2.20. The molecule has 1 unspecified atom stereocenters. The van der Waals surface area contributed by atoms with Gasteiger partial charge in [0.15, 0.2) is 0 Å². The Morgan fingerprint density at radius 1 is 1.41 bits per heavy atom. The van der Waals surface area contributed by atoms with Crippen LogP contribution in [0.25, 0.3) is 0 Å². The van der Waals surface area contributed by atoms with E-state index in [1.54, 1.807) is 6.07 Å². The van der Waals surface area contributed by atoms with Crippen molar-refractivity contribution < 1.29 is 9.90 Å². The summed E-state index contributed by atoms with van der Waals surface area (Å²) in [6.07, 6.45) is 3.25. The van der Waals surface area contributed by atoms with Crippen LogP contribution < -0.4 is 0 Å². The Morgan fingerprint density at radius 3 is 2.82 bits per heavy atom. The SMILES string of the molecule is CN(C)CC1CCc2cc(C(=O)O)ccc2C1. The van der Waals surface area contributed by atoms with Gasteiger partial charge >= 0.3 is 5.97 Å². The van der Waals surface area contributed by atoms with E-state index < -0.39 is 5.97 Å². The molecule has 1 aromatic carbocycles. The number of aryl methyl sites for hydroxylation is 1. The molecule has 0 heterocycles. The largest absolute Gasteiger partial charge is 0.478 e. The van der Waals surface area contributed by atoms with Crippen molar-refractivity contribution in [1.29, 1.82) is 0 Å². The molecule has 17 heavy (non-hydrogen) atoms. The van der Waals surface area contributed by atoms with Crippen molar-refractivity contribution in [2.75, 3.05) is 20.6 Å². The molecule has 0 aliphatic heterocycles. The fourth-order valence-corrected chi connectivity index (χ4v) is 2.64. The summed E-state index contributed by atoms with van der Waals surface area (Å²) in [5.74, 6) is -0.128. The number of carbonyl (C=O) groups is 1. The molecule has 1 aliphatic carbocycles. The molecular formula is C14H19NO2. The molecule has 0 spiro atoms. The van der Waals surface area contributed by atoms with Crippen LogP contribution in [0.1, 0.15) is 27.9 Å². The molecule has 0 fully saturated rings. The Hall–Kier alpha value is -1.35. The zero-order valence-electron chi connectivity index (χ0n) is 10.4. The lowest BCUT2D eigenvalue weighted by Crippen LogP contribution is -2.26. The Morgan fingerprint density at radius 2 is 2.18 bits per heavy atom. The third kappa shape index (κ3) is 2.86. The van der Waals surface area contributed by atoms with Gasteiger partial charge < -0.3 is 10.0 Å². The van der Waals surface area contributed by atoms with Crippen molar-refractivity contribution in [2.24, 2.45) is 5.92 Å². The lowest BCUT2D eigenvalue weighted by Gasteiger charge is -2.27. The van der Waals surface area contributed by atoms with Gasteiger partial charge in [0.25, 0.3) is 0 Å². The van der Waals surface area contributed by atoms with Crippen molar-refractivity contribution in [3.63, 3.8) is 0 Å². The number of fused-ring (bicyclic) bond motifs is 1. The van der Waals surface area contributed by atoms with Crippen LogP contribution in [0, 0.1) is 5.92 Å². The maximum atomic E-state index is 10.9. The molecule has 0 aromatic heterocycles. The molecule has 0 bridgehead atoms. The second kappa shape index (κ2) is 4.88. The van der Waals surface area contributed by atoms with Gasteiger partial charge in [0.2, 0.25) is 0 Å². The molecule has 0 saturated heterocycles. The van der Waals surface area contributed by atoms with E-state index in [0.717, 1.165) is 25.8 Å². The van der Waals surface area contributed by atoms with E-state index in [4.69, 9.17) is 5.11 Å². The van der Waals surface area contributed by atoms with Crippen LogP contribution in [-0.2, 0) is 12.8 Å². The van der Waals surface area contributed by atoms with Crippen molar-refractivity contribution >= 4 is 5.97 Å². The number of carboxylic acid groups (broad SMARTS) is 1. The highest BCUT2D eigenvalue weighted by Crippen LogP contribution is 2.26. The second-order valence-electron chi connectivity index (χ2n) is 5.16. The van der Waals surface area contributed by atoms with Crippen LogP contribution in [0.3, 0.4) is 0 Å². The molecule has 0 radical (unpaired) electrons. The normalized spacial score (nSPS) is 19.1. The monoisotopic (exact) mass is 233 g/mol. The van der Waals surface area contributed by atoms with Gasteiger partial charge in [-0.1, -0.05) is 6.07 Å². The van der Waals surface area contributed by atoms with Gasteiger partial charge in [-0.2, -0.15) is 0 Å². The highest BCUT2D eigenvalue weighted by atomic mass is 16.4. The van der Waals surface area contributed by atoms with Crippen molar-refractivity contribution in [1.82, 2.24) is 4.90 Å². The number of benzene rings is 1. The number of rotatable bonds is 3. The summed E-state index contributed by atoms with van der Waals surface area (Å²) in [4.78, 5) is 13.1. The predicted molar refractivity (Wildman–Crippen MR) is 67.5 cm³/mol. The van der Waals surface area contributed by atoms with Gasteiger partial charge in [0, 0.05) is 6.54 Å². The first-order chi connectivity index (χ1) is 8.06. The molecule has 3 heteroatoms. The standard InChI is InChI=1S/C14H19NO2/c1-15(2)9-10-3-4-12-8-13(14(16)17)6-5-11(12)7-10/h5-6,8,10H,3-4,7,9H2,1-2H3,(H,16,17). The van der Waals surface area contributed by atoms with Crippen molar-refractivity contribution in [3.05, 3.63) is 34.9 Å². The zero-order chi connectivity index (χ0) is 12.4. The average molecular weight is 233 g/mol. The molecule has 0 saturated carbocycles. The summed E-state index contributed by atoms with van der Waals surface area (Å²) >= 11 is 0. The number of hydrogen-bond donors (Lipinski definition) is 1. The van der Waals surface area contributed by atoms with E-state index in [1.807, 2.05) is 12.1 Å². The first kappa shape index (κ1) is 12.1. The van der Waals surface area contributed by atoms with Gasteiger partial charge in [-0.25, -0.2) is 4.79 Å². The Kier molecular flexibility index (Phi) is 3.48. The highest BCUT2D eigenvalue weighted by molar-refractivity contribution is 5.87. The van der Waals surface area contributed by atoms with Crippen LogP contribution in [0.4, 0.5) is 0 Å². The minimum absolute atomic E-state index is 0.412. The summed E-state index contributed by atoms with van der Waals surface area (Å²) in [7, 11) is 4.20. The maximum absolute atomic E-state index is 10.9. The van der Waals surface area contributed by atoms with Crippen LogP contribution in [0.5, 0.6) is 0 Å². The third-order valence-corrected chi connectivity index (χ3v) is 3.41. The van der Waals surface area contributed by atoms with Gasteiger partial charge in [-0.05, 0) is 62.5 Å². The van der Waals surface area contributed by atoms with Crippen LogP contribution in [0.15, 0.2) is 18.2 Å². The van der Waals surface area contributed by atoms with E-state index in [1.165, 1.54) is 11.1 Å². The van der Waals surface area contributed by atoms with Gasteiger partial charge in [-0.15, -0.1) is 0 Å². The predicted octanol–water partition coefficient (Wildman–Crippen LogP) is 2.05. The fraction of sp³-hybridized carbons (Fsp3) is 0.500. The molecule has 1 N–H and O–H groups in total. The number of hydrogen-bond acceptors (Lipinski definition) is 2. The van der Waals surface area contributed by atoms with Crippen molar-refractivity contribution in [2.45, 2.75) is 19.3 Å². The summed E-state index contributed by atoms with van der Waals surface area (Å²) in [5, 5.41) is 8.95. The molecule has 92 valence electrons. The minimum atomic E-state index is -0.830. The van der Waals surface area contributed by atoms with Crippen molar-refractivity contribution in [3.8, 4) is 0 Å². The first-order valence-electron chi connectivity index (χ1n) is 6.06. The molecule has 0 amide bonds. The summed E-state index contributed by atoms with van der Waals surface area (Å²) in [6.45, 7) is 1.11. The zero-order valence-corrected chi connectivity index (χ0v) is 10.4. The Bertz CT molecular complexity index is 426. The first-order valence-corrected chi connectivity index (χ1v) is 6.06. The number of carboxylic acids is 1. The second-order valence-corrected chi connectivity index (χ2v) is 5.16. The molecule has 1 aromatic rings. The minimum Gasteiger partial charge on any atom is -0.478 e. The number of aromatic carboxylic acids is 1. The van der Waals surface area contributed by atoms with Crippen LogP contribution in [0.2, 0.25) is 0 Å². The molecular weight excluding hydrogens is 214 g/mol. The molecule has 1 aliphatic rings. The van der Waals surface area contributed by atoms with E-state index in [0.29, 0.717) is 11.5 Å². The topological polar surface area (TPSA) is 40.5 Å².